The number of phenols is 1. The number of pyridine rings is 1. The molecule has 0 amide bonds. The first-order valence-electron chi connectivity index (χ1n) is 16.7. The fourth-order valence-corrected chi connectivity index (χ4v) is 10.5. The summed E-state index contributed by atoms with van der Waals surface area (Å²) in [5, 5.41) is 12.4. The molecule has 4 fully saturated rings. The van der Waals surface area contributed by atoms with Crippen molar-refractivity contribution in [1.82, 2.24) is 19.8 Å². The highest BCUT2D eigenvalue weighted by atomic mass is 16.6. The summed E-state index contributed by atoms with van der Waals surface area (Å²) < 4.78 is 7.52. The highest BCUT2D eigenvalue weighted by molar-refractivity contribution is 6.10. The topological polar surface area (TPSA) is 81.7 Å². The minimum atomic E-state index is -0.410. The number of phenolic OH excluding ortho intramolecular Hbond substituents is 1. The number of nitrogens with one attached hydrogen (secondary N) is 1. The molecule has 7 heterocycles. The summed E-state index contributed by atoms with van der Waals surface area (Å²) in [4.78, 5) is 27.1. The van der Waals surface area contributed by atoms with E-state index in [1.165, 1.54) is 18.4 Å². The number of rotatable bonds is 1. The van der Waals surface area contributed by atoms with Gasteiger partial charge >= 0.3 is 0 Å². The molecule has 9 rings (SSSR count). The van der Waals surface area contributed by atoms with E-state index < -0.39 is 5.60 Å². The fraction of sp³-hybridized carbons (Fsp3) is 0.556. The van der Waals surface area contributed by atoms with Gasteiger partial charge in [-0.15, -0.1) is 0 Å². The van der Waals surface area contributed by atoms with Gasteiger partial charge < -0.3 is 19.7 Å². The molecule has 3 aromatic rings. The van der Waals surface area contributed by atoms with Crippen molar-refractivity contribution in [3.8, 4) is 5.75 Å². The van der Waals surface area contributed by atoms with Crippen LogP contribution < -0.4 is 0 Å². The molecule has 7 heteroatoms. The molecule has 0 radical (unpaired) electrons. The van der Waals surface area contributed by atoms with Crippen molar-refractivity contribution in [1.29, 1.82) is 0 Å². The molecule has 6 atom stereocenters. The van der Waals surface area contributed by atoms with E-state index in [0.717, 1.165) is 98.6 Å². The molecule has 2 aromatic heterocycles. The molecule has 2 N–H and O–H groups in total. The molecular weight excluding hydrogens is 536 g/mol. The second kappa shape index (κ2) is 9.50. The van der Waals surface area contributed by atoms with Crippen LogP contribution in [0.4, 0.5) is 0 Å². The van der Waals surface area contributed by atoms with E-state index in [0.29, 0.717) is 30.6 Å². The van der Waals surface area contributed by atoms with Crippen LogP contribution in [-0.2, 0) is 9.53 Å². The van der Waals surface area contributed by atoms with Crippen molar-refractivity contribution in [3.05, 3.63) is 54.4 Å². The normalized spacial score (nSPS) is 38.6. The maximum atomic E-state index is 12.8. The third kappa shape index (κ3) is 3.77. The minimum absolute atomic E-state index is 0.0554. The van der Waals surface area contributed by atoms with E-state index in [1.807, 2.05) is 18.3 Å². The Balaban J connectivity index is 1.27. The molecular formula is C36H42N4O3. The number of Topliss-reactive ketones (excluding diaryl/α,β-unsaturated/α-hetero) is 1. The van der Waals surface area contributed by atoms with Crippen LogP contribution in [0.3, 0.4) is 0 Å². The first kappa shape index (κ1) is 26.4. The highest BCUT2D eigenvalue weighted by Crippen LogP contribution is 2.70. The van der Waals surface area contributed by atoms with Gasteiger partial charge in [-0.25, -0.2) is 0 Å². The molecule has 6 aliphatic rings. The zero-order chi connectivity index (χ0) is 28.8. The Labute approximate surface area is 253 Å². The van der Waals surface area contributed by atoms with E-state index in [4.69, 9.17) is 9.72 Å². The van der Waals surface area contributed by atoms with Gasteiger partial charge in [-0.05, 0) is 113 Å². The Morgan fingerprint density at radius 3 is 2.88 bits per heavy atom. The van der Waals surface area contributed by atoms with Gasteiger partial charge in [0.05, 0.1) is 17.3 Å². The number of carbonyl (C=O) groups excluding carboxylic acids is 1. The molecule has 1 aliphatic carbocycles. The lowest BCUT2D eigenvalue weighted by atomic mass is 9.53. The zero-order valence-corrected chi connectivity index (χ0v) is 25.0. The summed E-state index contributed by atoms with van der Waals surface area (Å²) in [5.74, 6) is 1.06. The number of fused-ring (bicyclic) bond motifs is 4. The van der Waals surface area contributed by atoms with Crippen molar-refractivity contribution in [3.63, 3.8) is 0 Å². The van der Waals surface area contributed by atoms with Crippen molar-refractivity contribution in [2.45, 2.75) is 88.0 Å². The standard InChI is InChI=1S/C36H42N4O3/c41-24-8-7-18-40-33-34-22-36(40,15-11-24)43-35(33)14-5-3-1-2-4-6-17-39(23-34)19-13-29(34)28(21-35)31-32-26(12-16-37-31)27-20-25(42)9-10-30(27)38-32/h1,3,9-10,12,16,20-21,29,33,38,42H,2,4-8,11,13-15,17-19,22-23H2/b3-1-/t29-,33+,34-,35-,36-/m0/s1. The van der Waals surface area contributed by atoms with Gasteiger partial charge in [0.1, 0.15) is 22.9 Å². The molecule has 1 unspecified atom stereocenters. The molecule has 224 valence electrons. The Morgan fingerprint density at radius 1 is 1.00 bits per heavy atom. The van der Waals surface area contributed by atoms with E-state index in [-0.39, 0.29) is 16.9 Å². The SMILES string of the molecule is O=C1CCCN2[C@@H]3[C@@]45CN6CCCC/C=C\CC[C@@]3(C=C(c3nccc7c3[nH]c3ccc(O)cc37)[C@@H]4CC6)O[C@@]2(CC1)C5. The fourth-order valence-electron chi connectivity index (χ4n) is 10.5. The van der Waals surface area contributed by atoms with E-state index >= 15 is 0 Å². The number of aromatic nitrogens is 2. The number of H-pyrrole nitrogens is 1. The number of ether oxygens (including phenoxy) is 1. The molecule has 1 aromatic carbocycles. The van der Waals surface area contributed by atoms with Crippen LogP contribution in [-0.4, -0.2) is 74.2 Å². The number of ketones is 1. The number of nitrogens with zero attached hydrogens (tertiary/aromatic N) is 3. The maximum Gasteiger partial charge on any atom is 0.133 e. The Hall–Kier alpha value is -3.00. The van der Waals surface area contributed by atoms with Crippen LogP contribution in [0.25, 0.3) is 27.4 Å². The van der Waals surface area contributed by atoms with Crippen LogP contribution in [0, 0.1) is 11.3 Å². The van der Waals surface area contributed by atoms with Gasteiger partial charge in [-0.3, -0.25) is 14.7 Å². The Bertz CT molecular complexity index is 1690. The summed E-state index contributed by atoms with van der Waals surface area (Å²) >= 11 is 0. The van der Waals surface area contributed by atoms with Crippen LogP contribution >= 0.6 is 0 Å². The quantitative estimate of drug-likeness (QED) is 0.329. The lowest BCUT2D eigenvalue weighted by molar-refractivity contribution is -0.180. The summed E-state index contributed by atoms with van der Waals surface area (Å²) in [5.41, 5.74) is 3.76. The van der Waals surface area contributed by atoms with Gasteiger partial charge in [0.25, 0.3) is 0 Å². The number of aromatic amines is 1. The van der Waals surface area contributed by atoms with E-state index in [1.54, 1.807) is 6.07 Å². The third-order valence-electron chi connectivity index (χ3n) is 11.9. The van der Waals surface area contributed by atoms with Crippen LogP contribution in [0.1, 0.15) is 76.3 Å². The number of carbonyl (C=O) groups is 1. The van der Waals surface area contributed by atoms with E-state index in [9.17, 15) is 9.90 Å². The monoisotopic (exact) mass is 578 g/mol. The second-order valence-electron chi connectivity index (χ2n) is 14.3. The predicted molar refractivity (Wildman–Crippen MR) is 168 cm³/mol. The molecule has 0 saturated carbocycles. The first-order valence-corrected chi connectivity index (χ1v) is 16.7. The maximum absolute atomic E-state index is 12.8. The molecule has 7 nitrogen and oxygen atoms in total. The summed E-state index contributed by atoms with van der Waals surface area (Å²) in [7, 11) is 0. The Morgan fingerprint density at radius 2 is 1.93 bits per heavy atom. The van der Waals surface area contributed by atoms with Crippen molar-refractivity contribution >= 4 is 33.2 Å². The summed E-state index contributed by atoms with van der Waals surface area (Å²) in [6.07, 6.45) is 20.0. The van der Waals surface area contributed by atoms with E-state index in [2.05, 4.69) is 39.1 Å². The lowest BCUT2D eigenvalue weighted by Crippen LogP contribution is -2.65. The molecule has 5 aliphatic heterocycles. The average molecular weight is 579 g/mol. The van der Waals surface area contributed by atoms with Crippen molar-refractivity contribution in [2.75, 3.05) is 26.2 Å². The lowest BCUT2D eigenvalue weighted by Gasteiger charge is -2.59. The average Bonchev–Trinajstić information content (AvgIpc) is 3.57. The Kier molecular flexibility index (Phi) is 5.83. The largest absolute Gasteiger partial charge is 0.508 e. The first-order chi connectivity index (χ1) is 21.0. The zero-order valence-electron chi connectivity index (χ0n) is 25.0. The smallest absolute Gasteiger partial charge is 0.133 e. The van der Waals surface area contributed by atoms with Crippen LogP contribution in [0.15, 0.2) is 48.7 Å². The second-order valence-corrected chi connectivity index (χ2v) is 14.3. The van der Waals surface area contributed by atoms with Crippen molar-refractivity contribution < 1.29 is 14.6 Å². The molecule has 4 saturated heterocycles. The van der Waals surface area contributed by atoms with Gasteiger partial charge in [0, 0.05) is 53.8 Å². The van der Waals surface area contributed by atoms with Gasteiger partial charge in [-0.2, -0.15) is 0 Å². The third-order valence-corrected chi connectivity index (χ3v) is 11.9. The number of aromatic hydroxyl groups is 1. The molecule has 1 spiro atoms. The summed E-state index contributed by atoms with van der Waals surface area (Å²) in [6, 6.07) is 7.97. The predicted octanol–water partition coefficient (Wildman–Crippen LogP) is 6.33. The number of benzene rings is 1. The van der Waals surface area contributed by atoms with Crippen LogP contribution in [0.5, 0.6) is 5.75 Å². The molecule has 5 bridgehead atoms. The van der Waals surface area contributed by atoms with Crippen molar-refractivity contribution in [2.24, 2.45) is 11.3 Å². The van der Waals surface area contributed by atoms with Crippen LogP contribution in [0.2, 0.25) is 0 Å². The number of allylic oxidation sites excluding steroid dienone is 3. The molecule has 43 heavy (non-hydrogen) atoms. The van der Waals surface area contributed by atoms with Gasteiger partial charge in [0.15, 0.2) is 0 Å². The number of hydrogen-bond acceptors (Lipinski definition) is 6. The number of hydrogen-bond donors (Lipinski definition) is 2. The van der Waals surface area contributed by atoms with Gasteiger partial charge in [-0.1, -0.05) is 12.2 Å². The number of piperidine rings is 1. The van der Waals surface area contributed by atoms with Gasteiger partial charge in [0.2, 0.25) is 0 Å². The minimum Gasteiger partial charge on any atom is -0.508 e. The highest BCUT2D eigenvalue weighted by Gasteiger charge is 2.77. The summed E-state index contributed by atoms with van der Waals surface area (Å²) in [6.45, 7) is 4.32.